The third-order valence-corrected chi connectivity index (χ3v) is 4.97. The number of hydrogen-bond acceptors (Lipinski definition) is 2. The van der Waals surface area contributed by atoms with Crippen LogP contribution in [0.4, 0.5) is 5.69 Å². The van der Waals surface area contributed by atoms with Crippen LogP contribution >= 0.6 is 0 Å². The van der Waals surface area contributed by atoms with E-state index in [1.54, 1.807) is 24.3 Å². The van der Waals surface area contributed by atoms with Crippen LogP contribution in [0.3, 0.4) is 0 Å². The highest BCUT2D eigenvalue weighted by atomic mass is 16.2. The number of rotatable bonds is 4. The number of carbonyl (C=O) groups is 2. The third-order valence-electron chi connectivity index (χ3n) is 4.97. The average molecular weight is 350 g/mol. The van der Waals surface area contributed by atoms with Gasteiger partial charge in [-0.15, -0.1) is 0 Å². The summed E-state index contributed by atoms with van der Waals surface area (Å²) in [6, 6.07) is 13.1. The van der Waals surface area contributed by atoms with E-state index in [0.29, 0.717) is 11.1 Å². The predicted octanol–water partition coefficient (Wildman–Crippen LogP) is 4.62. The van der Waals surface area contributed by atoms with Crippen molar-refractivity contribution >= 4 is 17.5 Å². The van der Waals surface area contributed by atoms with Crippen molar-refractivity contribution in [3.05, 3.63) is 64.7 Å². The van der Waals surface area contributed by atoms with Gasteiger partial charge in [0.2, 0.25) is 0 Å². The Labute approximate surface area is 155 Å². The van der Waals surface area contributed by atoms with Crippen molar-refractivity contribution in [2.75, 3.05) is 5.32 Å². The smallest absolute Gasteiger partial charge is 0.255 e. The number of benzene rings is 2. The highest BCUT2D eigenvalue weighted by Gasteiger charge is 2.17. The van der Waals surface area contributed by atoms with Crippen LogP contribution in [0.15, 0.2) is 42.5 Å². The average Bonchev–Trinajstić information content (AvgIpc) is 2.65. The first-order valence-electron chi connectivity index (χ1n) is 9.32. The summed E-state index contributed by atoms with van der Waals surface area (Å²) in [6.45, 7) is 3.95. The molecule has 2 aromatic carbocycles. The summed E-state index contributed by atoms with van der Waals surface area (Å²) in [7, 11) is 0. The lowest BCUT2D eigenvalue weighted by molar-refractivity contribution is 0.0927. The first kappa shape index (κ1) is 18.2. The van der Waals surface area contributed by atoms with E-state index < -0.39 is 0 Å². The van der Waals surface area contributed by atoms with Gasteiger partial charge >= 0.3 is 0 Å². The lowest BCUT2D eigenvalue weighted by Gasteiger charge is -2.22. The van der Waals surface area contributed by atoms with Crippen molar-refractivity contribution in [3.63, 3.8) is 0 Å². The summed E-state index contributed by atoms with van der Waals surface area (Å²) >= 11 is 0. The zero-order valence-electron chi connectivity index (χ0n) is 15.5. The van der Waals surface area contributed by atoms with Gasteiger partial charge < -0.3 is 10.6 Å². The second-order valence-electron chi connectivity index (χ2n) is 7.16. The molecule has 1 saturated carbocycles. The van der Waals surface area contributed by atoms with E-state index in [-0.39, 0.29) is 17.9 Å². The molecule has 2 amide bonds. The number of anilines is 1. The molecule has 0 aromatic heterocycles. The maximum absolute atomic E-state index is 12.6. The Kier molecular flexibility index (Phi) is 5.71. The minimum absolute atomic E-state index is 0.0988. The molecule has 2 aromatic rings. The van der Waals surface area contributed by atoms with Gasteiger partial charge in [-0.1, -0.05) is 37.5 Å². The molecule has 0 atom stereocenters. The van der Waals surface area contributed by atoms with Crippen LogP contribution in [0, 0.1) is 13.8 Å². The normalized spacial score (nSPS) is 14.7. The molecule has 4 heteroatoms. The molecule has 0 aliphatic heterocycles. The third kappa shape index (κ3) is 4.51. The van der Waals surface area contributed by atoms with E-state index >= 15 is 0 Å². The fourth-order valence-electron chi connectivity index (χ4n) is 3.38. The van der Waals surface area contributed by atoms with Gasteiger partial charge in [-0.05, 0) is 62.1 Å². The van der Waals surface area contributed by atoms with E-state index in [4.69, 9.17) is 0 Å². The van der Waals surface area contributed by atoms with Crippen LogP contribution in [0.1, 0.15) is 63.9 Å². The van der Waals surface area contributed by atoms with Crippen LogP contribution in [0.5, 0.6) is 0 Å². The van der Waals surface area contributed by atoms with Crippen LogP contribution in [0.25, 0.3) is 0 Å². The minimum atomic E-state index is -0.203. The Balaban J connectivity index is 1.70. The van der Waals surface area contributed by atoms with Crippen LogP contribution < -0.4 is 10.6 Å². The van der Waals surface area contributed by atoms with Gasteiger partial charge in [0, 0.05) is 22.9 Å². The fraction of sp³-hybridized carbons (Fsp3) is 0.364. The van der Waals surface area contributed by atoms with Gasteiger partial charge in [0.1, 0.15) is 0 Å². The number of nitrogens with one attached hydrogen (secondary N) is 2. The molecule has 0 saturated heterocycles. The Morgan fingerprint density at radius 2 is 1.58 bits per heavy atom. The number of aryl methyl sites for hydroxylation is 2. The summed E-state index contributed by atoms with van der Waals surface area (Å²) in [6.07, 6.45) is 5.67. The molecule has 136 valence electrons. The molecule has 1 fully saturated rings. The molecule has 26 heavy (non-hydrogen) atoms. The van der Waals surface area contributed by atoms with E-state index in [1.165, 1.54) is 19.3 Å². The van der Waals surface area contributed by atoms with Gasteiger partial charge in [-0.2, -0.15) is 0 Å². The van der Waals surface area contributed by atoms with Gasteiger partial charge in [-0.25, -0.2) is 0 Å². The second kappa shape index (κ2) is 8.17. The molecule has 0 heterocycles. The van der Waals surface area contributed by atoms with Crippen molar-refractivity contribution in [1.82, 2.24) is 5.32 Å². The van der Waals surface area contributed by atoms with E-state index in [9.17, 15) is 9.59 Å². The van der Waals surface area contributed by atoms with Gasteiger partial charge in [-0.3, -0.25) is 9.59 Å². The molecule has 4 nitrogen and oxygen atoms in total. The highest BCUT2D eigenvalue weighted by Crippen LogP contribution is 2.19. The number of hydrogen-bond donors (Lipinski definition) is 2. The van der Waals surface area contributed by atoms with Gasteiger partial charge in [0.05, 0.1) is 0 Å². The fourth-order valence-corrected chi connectivity index (χ4v) is 3.38. The molecule has 0 spiro atoms. The van der Waals surface area contributed by atoms with Crippen LogP contribution in [-0.2, 0) is 0 Å². The largest absolute Gasteiger partial charge is 0.349 e. The Morgan fingerprint density at radius 3 is 2.31 bits per heavy atom. The molecule has 0 radical (unpaired) electrons. The molecular formula is C22H26N2O2. The number of amides is 2. The summed E-state index contributed by atoms with van der Waals surface area (Å²) in [5.41, 5.74) is 3.92. The monoisotopic (exact) mass is 350 g/mol. The predicted molar refractivity (Wildman–Crippen MR) is 105 cm³/mol. The Morgan fingerprint density at radius 1 is 0.885 bits per heavy atom. The quantitative estimate of drug-likeness (QED) is 0.845. The van der Waals surface area contributed by atoms with E-state index in [0.717, 1.165) is 29.7 Å². The molecule has 1 aliphatic rings. The van der Waals surface area contributed by atoms with Crippen molar-refractivity contribution in [3.8, 4) is 0 Å². The summed E-state index contributed by atoms with van der Waals surface area (Å²) < 4.78 is 0. The topological polar surface area (TPSA) is 58.2 Å². The maximum atomic E-state index is 12.6. The summed E-state index contributed by atoms with van der Waals surface area (Å²) in [5.74, 6) is -0.302. The zero-order chi connectivity index (χ0) is 18.5. The van der Waals surface area contributed by atoms with Crippen molar-refractivity contribution < 1.29 is 9.59 Å². The van der Waals surface area contributed by atoms with Crippen LogP contribution in [-0.4, -0.2) is 17.9 Å². The maximum Gasteiger partial charge on any atom is 0.255 e. The molecule has 0 bridgehead atoms. The summed E-state index contributed by atoms with van der Waals surface area (Å²) in [4.78, 5) is 25.1. The van der Waals surface area contributed by atoms with E-state index in [2.05, 4.69) is 10.6 Å². The van der Waals surface area contributed by atoms with Crippen molar-refractivity contribution in [1.29, 1.82) is 0 Å². The van der Waals surface area contributed by atoms with Gasteiger partial charge in [0.25, 0.3) is 11.8 Å². The Hall–Kier alpha value is -2.62. The van der Waals surface area contributed by atoms with Gasteiger partial charge in [0.15, 0.2) is 0 Å². The Bertz CT molecular complexity index is 808. The van der Waals surface area contributed by atoms with Crippen molar-refractivity contribution in [2.24, 2.45) is 0 Å². The lowest BCUT2D eigenvalue weighted by Crippen LogP contribution is -2.36. The first-order chi connectivity index (χ1) is 12.5. The highest BCUT2D eigenvalue weighted by molar-refractivity contribution is 6.06. The molecular weight excluding hydrogens is 324 g/mol. The molecule has 0 unspecified atom stereocenters. The first-order valence-corrected chi connectivity index (χ1v) is 9.32. The second-order valence-corrected chi connectivity index (χ2v) is 7.16. The lowest BCUT2D eigenvalue weighted by atomic mass is 9.95. The molecule has 1 aliphatic carbocycles. The number of carbonyl (C=O) groups excluding carboxylic acids is 2. The van der Waals surface area contributed by atoms with Crippen LogP contribution in [0.2, 0.25) is 0 Å². The SMILES string of the molecule is Cc1ccc(C)c(NC(=O)c2cccc(C(=O)NC3CCCCC3)c2)c1. The summed E-state index contributed by atoms with van der Waals surface area (Å²) in [5, 5.41) is 6.04. The minimum Gasteiger partial charge on any atom is -0.349 e. The standard InChI is InChI=1S/C22H26N2O2/c1-15-11-12-16(2)20(13-15)24-22(26)18-8-6-7-17(14-18)21(25)23-19-9-4-3-5-10-19/h6-8,11-14,19H,3-5,9-10H2,1-2H3,(H,23,25)(H,24,26). The zero-order valence-corrected chi connectivity index (χ0v) is 15.5. The van der Waals surface area contributed by atoms with E-state index in [1.807, 2.05) is 32.0 Å². The van der Waals surface area contributed by atoms with Crippen molar-refractivity contribution in [2.45, 2.75) is 52.0 Å². The molecule has 2 N–H and O–H groups in total. The molecule has 3 rings (SSSR count).